The van der Waals surface area contributed by atoms with Crippen molar-refractivity contribution in [2.24, 2.45) is 0 Å². The van der Waals surface area contributed by atoms with E-state index >= 15 is 0 Å². The van der Waals surface area contributed by atoms with E-state index in [0.29, 0.717) is 6.42 Å². The average Bonchev–Trinajstić information content (AvgIpc) is 1.62. The van der Waals surface area contributed by atoms with Crippen LogP contribution in [0.1, 0.15) is 34.1 Å². The SMILES string of the molecule is CCC(=O)OC(C)(C)C.[LiH]. The minimum absolute atomic E-state index is 0. The van der Waals surface area contributed by atoms with Crippen LogP contribution in [0.15, 0.2) is 0 Å². The quantitative estimate of drug-likeness (QED) is 0.400. The van der Waals surface area contributed by atoms with E-state index in [1.54, 1.807) is 6.92 Å². The first-order valence-electron chi connectivity index (χ1n) is 3.17. The summed E-state index contributed by atoms with van der Waals surface area (Å²) in [7, 11) is 0. The zero-order valence-corrected chi connectivity index (χ0v) is 6.52. The fourth-order valence-corrected chi connectivity index (χ4v) is 0.414. The van der Waals surface area contributed by atoms with Crippen molar-refractivity contribution in [2.75, 3.05) is 0 Å². The molecule has 0 bridgehead atoms. The second kappa shape index (κ2) is 4.82. The number of rotatable bonds is 1. The molecule has 2 nitrogen and oxygen atoms in total. The zero-order valence-electron chi connectivity index (χ0n) is 6.52. The van der Waals surface area contributed by atoms with Gasteiger partial charge in [0.05, 0.1) is 0 Å². The predicted octanol–water partition coefficient (Wildman–Crippen LogP) is 1.09. The van der Waals surface area contributed by atoms with Gasteiger partial charge in [-0.25, -0.2) is 0 Å². The third-order valence-corrected chi connectivity index (χ3v) is 0.709. The van der Waals surface area contributed by atoms with Crippen molar-refractivity contribution >= 4 is 24.8 Å². The number of hydrogen-bond donors (Lipinski definition) is 0. The van der Waals surface area contributed by atoms with Crippen LogP contribution in [0.25, 0.3) is 0 Å². The Bertz CT molecular complexity index is 105. The second-order valence-corrected chi connectivity index (χ2v) is 2.94. The number of carbonyl (C=O) groups is 1. The Hall–Kier alpha value is 0.0674. The van der Waals surface area contributed by atoms with Crippen LogP contribution in [-0.4, -0.2) is 30.4 Å². The summed E-state index contributed by atoms with van der Waals surface area (Å²) in [5.74, 6) is -0.137. The Labute approximate surface area is 74.5 Å². The molecule has 0 radical (unpaired) electrons. The molecule has 0 spiro atoms. The van der Waals surface area contributed by atoms with E-state index in [4.69, 9.17) is 4.74 Å². The summed E-state index contributed by atoms with van der Waals surface area (Å²) in [6.45, 7) is 7.37. The van der Waals surface area contributed by atoms with Gasteiger partial charge in [-0.3, -0.25) is 4.79 Å². The molecule has 3 heteroatoms. The van der Waals surface area contributed by atoms with Crippen molar-refractivity contribution in [3.05, 3.63) is 0 Å². The predicted molar refractivity (Wildman–Crippen MR) is 43.3 cm³/mol. The van der Waals surface area contributed by atoms with Crippen molar-refractivity contribution in [2.45, 2.75) is 39.7 Å². The third kappa shape index (κ3) is 8.07. The molecule has 0 aromatic heterocycles. The molecule has 0 amide bonds. The van der Waals surface area contributed by atoms with Gasteiger partial charge >= 0.3 is 24.8 Å². The molecule has 0 aromatic carbocycles. The van der Waals surface area contributed by atoms with Crippen LogP contribution < -0.4 is 0 Å². The molecular weight excluding hydrogens is 123 g/mol. The first-order valence-corrected chi connectivity index (χ1v) is 3.17. The van der Waals surface area contributed by atoms with E-state index in [0.717, 1.165) is 0 Å². The van der Waals surface area contributed by atoms with Crippen LogP contribution in [0.3, 0.4) is 0 Å². The molecule has 0 saturated carbocycles. The second-order valence-electron chi connectivity index (χ2n) is 2.94. The van der Waals surface area contributed by atoms with Crippen LogP contribution >= 0.6 is 0 Å². The molecule has 0 unspecified atom stereocenters. The van der Waals surface area contributed by atoms with Gasteiger partial charge in [-0.15, -0.1) is 0 Å². The molecule has 0 rings (SSSR count). The Morgan fingerprint density at radius 3 is 1.90 bits per heavy atom. The molecule has 0 aliphatic rings. The Balaban J connectivity index is 0. The molecule has 0 heterocycles. The summed E-state index contributed by atoms with van der Waals surface area (Å²) in [4.78, 5) is 10.6. The zero-order chi connectivity index (χ0) is 7.49. The Kier molecular flexibility index (Phi) is 6.13. The molecule has 0 saturated heterocycles. The summed E-state index contributed by atoms with van der Waals surface area (Å²) >= 11 is 0. The maximum absolute atomic E-state index is 10.6. The Morgan fingerprint density at radius 1 is 1.40 bits per heavy atom. The maximum atomic E-state index is 10.6. The fraction of sp³-hybridized carbons (Fsp3) is 0.857. The van der Waals surface area contributed by atoms with Crippen molar-refractivity contribution in [1.82, 2.24) is 0 Å². The van der Waals surface area contributed by atoms with Crippen molar-refractivity contribution in [3.8, 4) is 0 Å². The van der Waals surface area contributed by atoms with Gasteiger partial charge in [0.25, 0.3) is 0 Å². The molecule has 56 valence electrons. The van der Waals surface area contributed by atoms with E-state index in [1.807, 2.05) is 20.8 Å². The molecular formula is C7H15LiO2. The fourth-order valence-electron chi connectivity index (χ4n) is 0.414. The summed E-state index contributed by atoms with van der Waals surface area (Å²) in [5, 5.41) is 0. The minimum atomic E-state index is -0.326. The number of hydrogen-bond acceptors (Lipinski definition) is 2. The van der Waals surface area contributed by atoms with Gasteiger partial charge in [-0.1, -0.05) is 6.92 Å². The monoisotopic (exact) mass is 138 g/mol. The molecule has 0 atom stereocenters. The summed E-state index contributed by atoms with van der Waals surface area (Å²) in [5.41, 5.74) is -0.326. The van der Waals surface area contributed by atoms with Crippen molar-refractivity contribution < 1.29 is 9.53 Å². The van der Waals surface area contributed by atoms with Gasteiger partial charge in [-0.2, -0.15) is 0 Å². The van der Waals surface area contributed by atoms with Crippen LogP contribution in [-0.2, 0) is 9.53 Å². The van der Waals surface area contributed by atoms with Crippen LogP contribution in [0.4, 0.5) is 0 Å². The topological polar surface area (TPSA) is 26.3 Å². The van der Waals surface area contributed by atoms with Gasteiger partial charge in [-0.05, 0) is 20.8 Å². The van der Waals surface area contributed by atoms with E-state index in [-0.39, 0.29) is 30.4 Å². The van der Waals surface area contributed by atoms with Crippen LogP contribution in [0.2, 0.25) is 0 Å². The number of carbonyl (C=O) groups excluding carboxylic acids is 1. The van der Waals surface area contributed by atoms with Gasteiger partial charge in [0.15, 0.2) is 0 Å². The molecule has 0 N–H and O–H groups in total. The molecule has 0 fully saturated rings. The van der Waals surface area contributed by atoms with E-state index in [2.05, 4.69) is 0 Å². The third-order valence-electron chi connectivity index (χ3n) is 0.709. The van der Waals surface area contributed by atoms with Gasteiger partial charge in [0.2, 0.25) is 0 Å². The van der Waals surface area contributed by atoms with E-state index in [1.165, 1.54) is 0 Å². The first kappa shape index (κ1) is 12.7. The molecule has 0 aliphatic carbocycles. The van der Waals surface area contributed by atoms with E-state index in [9.17, 15) is 4.79 Å². The Morgan fingerprint density at radius 2 is 1.80 bits per heavy atom. The average molecular weight is 138 g/mol. The normalized spacial score (nSPS) is 10.0. The van der Waals surface area contributed by atoms with E-state index < -0.39 is 0 Å². The standard InChI is InChI=1S/C7H14O2.Li.H/c1-5-6(8)9-7(2,3)4;;/h5H2,1-4H3;;. The number of esters is 1. The molecule has 0 aliphatic heterocycles. The summed E-state index contributed by atoms with van der Waals surface area (Å²) in [6, 6.07) is 0. The molecule has 0 aromatic rings. The van der Waals surface area contributed by atoms with Gasteiger partial charge < -0.3 is 4.74 Å². The summed E-state index contributed by atoms with van der Waals surface area (Å²) in [6.07, 6.45) is 0.456. The van der Waals surface area contributed by atoms with Crippen molar-refractivity contribution in [3.63, 3.8) is 0 Å². The number of ether oxygens (including phenoxy) is 1. The van der Waals surface area contributed by atoms with Crippen LogP contribution in [0.5, 0.6) is 0 Å². The summed E-state index contributed by atoms with van der Waals surface area (Å²) < 4.78 is 4.95. The molecule has 10 heavy (non-hydrogen) atoms. The van der Waals surface area contributed by atoms with Gasteiger partial charge in [0, 0.05) is 6.42 Å². The van der Waals surface area contributed by atoms with Gasteiger partial charge in [0.1, 0.15) is 5.60 Å². The van der Waals surface area contributed by atoms with Crippen LogP contribution in [0, 0.1) is 0 Å². The van der Waals surface area contributed by atoms with Crippen molar-refractivity contribution in [1.29, 1.82) is 0 Å². The first-order chi connectivity index (χ1) is 3.95.